The van der Waals surface area contributed by atoms with E-state index in [1.54, 1.807) is 6.92 Å². The Morgan fingerprint density at radius 2 is 2.06 bits per heavy atom. The zero-order chi connectivity index (χ0) is 12.8. The average molecular weight is 224 g/mol. The third-order valence-electron chi connectivity index (χ3n) is 1.85. The van der Waals surface area contributed by atoms with Gasteiger partial charge in [0.2, 0.25) is 0 Å². The average Bonchev–Trinajstić information content (AvgIpc) is 2.16. The summed E-state index contributed by atoms with van der Waals surface area (Å²) in [7, 11) is 0. The first-order valence-electron chi connectivity index (χ1n) is 5.17. The van der Waals surface area contributed by atoms with Crippen molar-refractivity contribution in [1.82, 2.24) is 0 Å². The van der Waals surface area contributed by atoms with Crippen molar-refractivity contribution in [3.05, 3.63) is 24.6 Å². The smallest absolute Gasteiger partial charge is 0.341 e. The maximum absolute atomic E-state index is 11.7. The van der Waals surface area contributed by atoms with Crippen LogP contribution >= 0.6 is 0 Å². The normalized spacial score (nSPS) is 13.5. The summed E-state index contributed by atoms with van der Waals surface area (Å²) in [4.78, 5) is 15.8. The van der Waals surface area contributed by atoms with Crippen LogP contribution in [-0.4, -0.2) is 18.3 Å². The first kappa shape index (κ1) is 14.4. The first-order valence-corrected chi connectivity index (χ1v) is 5.17. The Kier molecular flexibility index (Phi) is 5.50. The highest BCUT2D eigenvalue weighted by molar-refractivity contribution is 6.21. The van der Waals surface area contributed by atoms with E-state index in [1.807, 2.05) is 20.8 Å². The molecule has 0 saturated carbocycles. The van der Waals surface area contributed by atoms with Crippen LogP contribution in [-0.2, 0) is 9.53 Å². The molecule has 0 aromatic heterocycles. The summed E-state index contributed by atoms with van der Waals surface area (Å²) in [5.74, 6) is -0.458. The first-order chi connectivity index (χ1) is 7.38. The van der Waals surface area contributed by atoms with E-state index in [0.29, 0.717) is 12.3 Å². The quantitative estimate of drug-likeness (QED) is 0.451. The molecule has 0 aliphatic heterocycles. The Morgan fingerprint density at radius 3 is 2.38 bits per heavy atom. The largest absolute Gasteiger partial charge is 0.462 e. The Bertz CT molecular complexity index is 322. The molecule has 0 aliphatic carbocycles. The molecule has 4 nitrogen and oxygen atoms in total. The standard InChI is InChI=1S/C12H20N2O2/c1-6-14-10(12(3,4)5)9(8-13)11(15)16-7-2/h6,8H,1,7,13H2,2-5H3/b9-8+,14-10+. The van der Waals surface area contributed by atoms with Crippen LogP contribution < -0.4 is 5.73 Å². The van der Waals surface area contributed by atoms with Gasteiger partial charge in [-0.3, -0.25) is 4.99 Å². The van der Waals surface area contributed by atoms with E-state index < -0.39 is 5.97 Å². The number of esters is 1. The van der Waals surface area contributed by atoms with Crippen LogP contribution in [0.4, 0.5) is 0 Å². The maximum atomic E-state index is 11.7. The zero-order valence-corrected chi connectivity index (χ0v) is 10.4. The summed E-state index contributed by atoms with van der Waals surface area (Å²) in [6, 6.07) is 0. The van der Waals surface area contributed by atoms with Gasteiger partial charge in [-0.15, -0.1) is 0 Å². The van der Waals surface area contributed by atoms with Crippen LogP contribution in [0.1, 0.15) is 27.7 Å². The number of nitrogens with two attached hydrogens (primary N) is 1. The summed E-state index contributed by atoms with van der Waals surface area (Å²) >= 11 is 0. The second-order valence-electron chi connectivity index (χ2n) is 4.21. The van der Waals surface area contributed by atoms with E-state index in [9.17, 15) is 4.79 Å². The summed E-state index contributed by atoms with van der Waals surface area (Å²) in [5.41, 5.74) is 6.01. The lowest BCUT2D eigenvalue weighted by molar-refractivity contribution is -0.137. The summed E-state index contributed by atoms with van der Waals surface area (Å²) in [6.07, 6.45) is 2.62. The minimum Gasteiger partial charge on any atom is -0.462 e. The molecule has 0 rings (SSSR count). The molecule has 0 unspecified atom stereocenters. The molecule has 0 saturated heterocycles. The molecule has 0 atom stereocenters. The van der Waals surface area contributed by atoms with Gasteiger partial charge in [0.25, 0.3) is 0 Å². The number of aliphatic imine (C=N–C) groups is 1. The number of ether oxygens (including phenoxy) is 1. The predicted octanol–water partition coefficient (Wildman–Crippen LogP) is 2.02. The molecule has 0 spiro atoms. The van der Waals surface area contributed by atoms with Crippen LogP contribution in [0.5, 0.6) is 0 Å². The van der Waals surface area contributed by atoms with Gasteiger partial charge in [-0.05, 0) is 6.92 Å². The fourth-order valence-electron chi connectivity index (χ4n) is 1.21. The van der Waals surface area contributed by atoms with Gasteiger partial charge in [-0.25, -0.2) is 4.79 Å². The fourth-order valence-corrected chi connectivity index (χ4v) is 1.21. The summed E-state index contributed by atoms with van der Waals surface area (Å²) in [6.45, 7) is 11.4. The second-order valence-corrected chi connectivity index (χ2v) is 4.21. The van der Waals surface area contributed by atoms with Crippen molar-refractivity contribution in [3.8, 4) is 0 Å². The Hall–Kier alpha value is -1.58. The molecule has 0 aliphatic rings. The summed E-state index contributed by atoms with van der Waals surface area (Å²) in [5, 5.41) is 0. The Labute approximate surface area is 96.9 Å². The van der Waals surface area contributed by atoms with Crippen molar-refractivity contribution < 1.29 is 9.53 Å². The van der Waals surface area contributed by atoms with Gasteiger partial charge in [0.1, 0.15) is 0 Å². The van der Waals surface area contributed by atoms with Crippen molar-refractivity contribution in [2.45, 2.75) is 27.7 Å². The minimum absolute atomic E-state index is 0.286. The maximum Gasteiger partial charge on any atom is 0.341 e. The number of hydrogen-bond acceptors (Lipinski definition) is 4. The van der Waals surface area contributed by atoms with E-state index in [2.05, 4.69) is 11.6 Å². The molecule has 0 aromatic rings. The van der Waals surface area contributed by atoms with Crippen LogP contribution in [0, 0.1) is 5.41 Å². The van der Waals surface area contributed by atoms with Crippen molar-refractivity contribution in [2.24, 2.45) is 16.1 Å². The molecule has 4 heteroatoms. The van der Waals surface area contributed by atoms with Crippen LogP contribution in [0.15, 0.2) is 29.5 Å². The molecule has 90 valence electrons. The molecule has 0 heterocycles. The van der Waals surface area contributed by atoms with E-state index in [1.165, 1.54) is 12.4 Å². The fraction of sp³-hybridized carbons (Fsp3) is 0.500. The van der Waals surface area contributed by atoms with Crippen molar-refractivity contribution in [3.63, 3.8) is 0 Å². The van der Waals surface area contributed by atoms with E-state index >= 15 is 0 Å². The Balaban J connectivity index is 5.28. The SMILES string of the molecule is C=C/N=C(\C(=C/N)C(=O)OCC)C(C)(C)C. The van der Waals surface area contributed by atoms with E-state index in [0.717, 1.165) is 0 Å². The van der Waals surface area contributed by atoms with Crippen molar-refractivity contribution in [1.29, 1.82) is 0 Å². The molecule has 0 radical (unpaired) electrons. The van der Waals surface area contributed by atoms with Crippen molar-refractivity contribution in [2.75, 3.05) is 6.61 Å². The van der Waals surface area contributed by atoms with E-state index in [-0.39, 0.29) is 11.0 Å². The van der Waals surface area contributed by atoms with Crippen LogP contribution in [0.25, 0.3) is 0 Å². The molecule has 0 fully saturated rings. The molecule has 0 bridgehead atoms. The van der Waals surface area contributed by atoms with Gasteiger partial charge in [0.05, 0.1) is 17.9 Å². The molecule has 0 amide bonds. The number of carbonyl (C=O) groups excluding carboxylic acids is 1. The minimum atomic E-state index is -0.458. The molecular formula is C12H20N2O2. The van der Waals surface area contributed by atoms with Crippen LogP contribution in [0.2, 0.25) is 0 Å². The number of carbonyl (C=O) groups is 1. The number of hydrogen-bond donors (Lipinski definition) is 1. The second kappa shape index (κ2) is 6.10. The zero-order valence-electron chi connectivity index (χ0n) is 10.4. The van der Waals surface area contributed by atoms with Gasteiger partial charge in [-0.2, -0.15) is 0 Å². The monoisotopic (exact) mass is 224 g/mol. The van der Waals surface area contributed by atoms with Gasteiger partial charge in [-0.1, -0.05) is 27.4 Å². The predicted molar refractivity (Wildman–Crippen MR) is 66.0 cm³/mol. The third kappa shape index (κ3) is 3.88. The van der Waals surface area contributed by atoms with Gasteiger partial charge in [0, 0.05) is 17.8 Å². The third-order valence-corrected chi connectivity index (χ3v) is 1.85. The molecule has 0 aromatic carbocycles. The summed E-state index contributed by atoms with van der Waals surface area (Å²) < 4.78 is 4.92. The molecule has 2 N–H and O–H groups in total. The molecule has 16 heavy (non-hydrogen) atoms. The van der Waals surface area contributed by atoms with Gasteiger partial charge in [0.15, 0.2) is 0 Å². The van der Waals surface area contributed by atoms with Gasteiger partial charge >= 0.3 is 5.97 Å². The topological polar surface area (TPSA) is 64.7 Å². The van der Waals surface area contributed by atoms with Gasteiger partial charge < -0.3 is 10.5 Å². The number of rotatable bonds is 4. The number of nitrogens with zero attached hydrogens (tertiary/aromatic N) is 1. The lowest BCUT2D eigenvalue weighted by Crippen LogP contribution is -2.28. The lowest BCUT2D eigenvalue weighted by atomic mass is 9.85. The van der Waals surface area contributed by atoms with E-state index in [4.69, 9.17) is 10.5 Å². The Morgan fingerprint density at radius 1 is 1.50 bits per heavy atom. The highest BCUT2D eigenvalue weighted by atomic mass is 16.5. The highest BCUT2D eigenvalue weighted by Crippen LogP contribution is 2.22. The molecular weight excluding hydrogens is 204 g/mol. The highest BCUT2D eigenvalue weighted by Gasteiger charge is 2.27. The van der Waals surface area contributed by atoms with Crippen LogP contribution in [0.3, 0.4) is 0 Å². The lowest BCUT2D eigenvalue weighted by Gasteiger charge is -2.22. The van der Waals surface area contributed by atoms with Crippen molar-refractivity contribution >= 4 is 11.7 Å².